The van der Waals surface area contributed by atoms with Crippen molar-refractivity contribution in [3.63, 3.8) is 0 Å². The number of carbonyl (C=O) groups is 1. The molecule has 0 radical (unpaired) electrons. The minimum Gasteiger partial charge on any atom is -0.468 e. The number of ether oxygens (including phenoxy) is 1. The summed E-state index contributed by atoms with van der Waals surface area (Å²) in [5.41, 5.74) is 0. The second-order valence-electron chi connectivity index (χ2n) is 6.29. The van der Waals surface area contributed by atoms with Crippen molar-refractivity contribution < 1.29 is 26.4 Å². The first-order valence-electron chi connectivity index (χ1n) is 8.48. The van der Waals surface area contributed by atoms with Gasteiger partial charge in [0.05, 0.1) is 16.9 Å². The van der Waals surface area contributed by atoms with E-state index in [1.54, 1.807) is 36.4 Å². The van der Waals surface area contributed by atoms with Crippen LogP contribution in [0.5, 0.6) is 0 Å². The number of nitrogens with one attached hydrogen (secondary N) is 1. The van der Waals surface area contributed by atoms with Crippen molar-refractivity contribution >= 4 is 26.0 Å². The van der Waals surface area contributed by atoms with Gasteiger partial charge in [-0.15, -0.1) is 0 Å². The molecule has 2 aromatic rings. The molecule has 0 unspecified atom stereocenters. The van der Waals surface area contributed by atoms with Crippen molar-refractivity contribution in [1.82, 2.24) is 9.03 Å². The van der Waals surface area contributed by atoms with E-state index in [0.29, 0.717) is 0 Å². The van der Waals surface area contributed by atoms with Gasteiger partial charge in [-0.05, 0) is 30.7 Å². The standard InChI is InChI=1S/C18H20N2O6S2/c1-26-18(21)17-12-14(19-27(22,23)15-8-4-2-5-9-15)13-20(17)28(24,25)16-10-6-3-7-11-16/h2-11,14,17,19H,12-13H2,1H3/t14-,17+/m0/s1. The Bertz CT molecular complexity index is 1040. The van der Waals surface area contributed by atoms with E-state index in [2.05, 4.69) is 4.72 Å². The van der Waals surface area contributed by atoms with Crippen molar-refractivity contribution in [2.75, 3.05) is 13.7 Å². The molecule has 0 bridgehead atoms. The van der Waals surface area contributed by atoms with Crippen molar-refractivity contribution in [1.29, 1.82) is 0 Å². The summed E-state index contributed by atoms with van der Waals surface area (Å²) in [6.07, 6.45) is -0.0230. The average molecular weight is 425 g/mol. The predicted molar refractivity (Wildman–Crippen MR) is 101 cm³/mol. The Kier molecular flexibility index (Phi) is 5.84. The molecule has 28 heavy (non-hydrogen) atoms. The van der Waals surface area contributed by atoms with Crippen molar-refractivity contribution in [3.05, 3.63) is 60.7 Å². The van der Waals surface area contributed by atoms with Gasteiger partial charge in [-0.25, -0.2) is 21.6 Å². The van der Waals surface area contributed by atoms with Gasteiger partial charge in [-0.3, -0.25) is 4.79 Å². The highest BCUT2D eigenvalue weighted by Gasteiger charge is 2.45. The highest BCUT2D eigenvalue weighted by Crippen LogP contribution is 2.28. The second kappa shape index (κ2) is 8.00. The SMILES string of the molecule is COC(=O)[C@H]1C[C@H](NS(=O)(=O)c2ccccc2)CN1S(=O)(=O)c1ccccc1. The summed E-state index contributed by atoms with van der Waals surface area (Å²) < 4.78 is 59.3. The second-order valence-corrected chi connectivity index (χ2v) is 9.90. The number of rotatable bonds is 6. The van der Waals surface area contributed by atoms with Crippen LogP contribution in [0.25, 0.3) is 0 Å². The fraction of sp³-hybridized carbons (Fsp3) is 0.278. The van der Waals surface area contributed by atoms with Crippen LogP contribution in [0.2, 0.25) is 0 Å². The Balaban J connectivity index is 1.89. The van der Waals surface area contributed by atoms with E-state index in [4.69, 9.17) is 4.74 Å². The maximum absolute atomic E-state index is 13.0. The largest absolute Gasteiger partial charge is 0.468 e. The summed E-state index contributed by atoms with van der Waals surface area (Å²) in [6, 6.07) is 13.5. The first-order chi connectivity index (χ1) is 13.3. The lowest BCUT2D eigenvalue weighted by molar-refractivity contribution is -0.144. The summed E-state index contributed by atoms with van der Waals surface area (Å²) in [4.78, 5) is 12.3. The van der Waals surface area contributed by atoms with Crippen LogP contribution in [0.3, 0.4) is 0 Å². The highest BCUT2D eigenvalue weighted by molar-refractivity contribution is 7.89. The third kappa shape index (κ3) is 4.09. The van der Waals surface area contributed by atoms with E-state index in [-0.39, 0.29) is 22.8 Å². The van der Waals surface area contributed by atoms with Crippen LogP contribution in [0.1, 0.15) is 6.42 Å². The zero-order valence-corrected chi connectivity index (χ0v) is 16.7. The molecule has 1 aliphatic rings. The number of hydrogen-bond donors (Lipinski definition) is 1. The lowest BCUT2D eigenvalue weighted by Crippen LogP contribution is -2.41. The molecule has 1 heterocycles. The first kappa shape index (κ1) is 20.5. The summed E-state index contributed by atoms with van der Waals surface area (Å²) >= 11 is 0. The maximum Gasteiger partial charge on any atom is 0.324 e. The molecule has 0 aromatic heterocycles. The number of sulfonamides is 2. The molecule has 2 atom stereocenters. The molecule has 1 N–H and O–H groups in total. The van der Waals surface area contributed by atoms with Gasteiger partial charge in [0.15, 0.2) is 0 Å². The Morgan fingerprint density at radius 2 is 1.50 bits per heavy atom. The molecule has 1 aliphatic heterocycles. The fourth-order valence-electron chi connectivity index (χ4n) is 3.12. The van der Waals surface area contributed by atoms with Crippen LogP contribution in [-0.4, -0.2) is 52.8 Å². The van der Waals surface area contributed by atoms with Gasteiger partial charge in [0, 0.05) is 12.6 Å². The normalized spacial score (nSPS) is 20.8. The molecular weight excluding hydrogens is 404 g/mol. The number of carbonyl (C=O) groups excluding carboxylic acids is 1. The van der Waals surface area contributed by atoms with Crippen LogP contribution in [-0.2, 0) is 29.6 Å². The zero-order chi connectivity index (χ0) is 20.4. The maximum atomic E-state index is 13.0. The van der Waals surface area contributed by atoms with Gasteiger partial charge in [0.1, 0.15) is 6.04 Å². The molecule has 0 aliphatic carbocycles. The lowest BCUT2D eigenvalue weighted by Gasteiger charge is -2.22. The van der Waals surface area contributed by atoms with Crippen molar-refractivity contribution in [3.8, 4) is 0 Å². The minimum absolute atomic E-state index is 0.0230. The third-order valence-electron chi connectivity index (χ3n) is 4.45. The summed E-state index contributed by atoms with van der Waals surface area (Å²) in [5, 5.41) is 0. The van der Waals surface area contributed by atoms with Gasteiger partial charge in [-0.2, -0.15) is 4.31 Å². The minimum atomic E-state index is -4.00. The van der Waals surface area contributed by atoms with E-state index >= 15 is 0 Å². The Labute approximate surface area is 164 Å². The van der Waals surface area contributed by atoms with Crippen LogP contribution < -0.4 is 4.72 Å². The molecule has 2 aromatic carbocycles. The van der Waals surface area contributed by atoms with Gasteiger partial charge in [0.25, 0.3) is 0 Å². The van der Waals surface area contributed by atoms with Crippen LogP contribution in [0, 0.1) is 0 Å². The summed E-state index contributed by atoms with van der Waals surface area (Å²) in [6.45, 7) is -0.178. The molecule has 10 heteroatoms. The Hall–Kier alpha value is -2.27. The van der Waals surface area contributed by atoms with Crippen molar-refractivity contribution in [2.24, 2.45) is 0 Å². The number of hydrogen-bond acceptors (Lipinski definition) is 6. The van der Waals surface area contributed by atoms with E-state index in [0.717, 1.165) is 11.4 Å². The quantitative estimate of drug-likeness (QED) is 0.692. The van der Waals surface area contributed by atoms with Gasteiger partial charge >= 0.3 is 5.97 Å². The molecule has 150 valence electrons. The summed E-state index contributed by atoms with van der Waals surface area (Å²) in [5.74, 6) is -0.735. The smallest absolute Gasteiger partial charge is 0.324 e. The van der Waals surface area contributed by atoms with E-state index in [1.807, 2.05) is 0 Å². The van der Waals surface area contributed by atoms with Gasteiger partial charge < -0.3 is 4.74 Å². The van der Waals surface area contributed by atoms with Crippen LogP contribution in [0.15, 0.2) is 70.5 Å². The number of methoxy groups -OCH3 is 1. The van der Waals surface area contributed by atoms with Gasteiger partial charge in [0.2, 0.25) is 20.0 Å². The molecular formula is C18H20N2O6S2. The number of benzene rings is 2. The molecule has 3 rings (SSSR count). The van der Waals surface area contributed by atoms with E-state index in [1.165, 1.54) is 24.3 Å². The van der Waals surface area contributed by atoms with Gasteiger partial charge in [-0.1, -0.05) is 36.4 Å². The average Bonchev–Trinajstić information content (AvgIpc) is 3.12. The van der Waals surface area contributed by atoms with Crippen LogP contribution in [0.4, 0.5) is 0 Å². The van der Waals surface area contributed by atoms with E-state index in [9.17, 15) is 21.6 Å². The molecule has 0 amide bonds. The Morgan fingerprint density at radius 1 is 0.964 bits per heavy atom. The predicted octanol–water partition coefficient (Wildman–Crippen LogP) is 0.970. The zero-order valence-electron chi connectivity index (χ0n) is 15.1. The molecule has 8 nitrogen and oxygen atoms in total. The molecule has 0 spiro atoms. The highest BCUT2D eigenvalue weighted by atomic mass is 32.2. The van der Waals surface area contributed by atoms with E-state index < -0.39 is 38.1 Å². The topological polar surface area (TPSA) is 110 Å². The number of nitrogens with zero attached hydrogens (tertiary/aromatic N) is 1. The molecule has 0 saturated carbocycles. The molecule has 1 saturated heterocycles. The van der Waals surface area contributed by atoms with Crippen molar-refractivity contribution in [2.45, 2.75) is 28.3 Å². The molecule has 1 fully saturated rings. The fourth-order valence-corrected chi connectivity index (χ4v) is 6.04. The summed E-state index contributed by atoms with van der Waals surface area (Å²) in [7, 11) is -6.69. The lowest BCUT2D eigenvalue weighted by atomic mass is 10.2. The Morgan fingerprint density at radius 3 is 2.04 bits per heavy atom. The third-order valence-corrected chi connectivity index (χ3v) is 7.88. The van der Waals surface area contributed by atoms with Crippen LogP contribution >= 0.6 is 0 Å². The number of esters is 1. The first-order valence-corrected chi connectivity index (χ1v) is 11.4. The monoisotopic (exact) mass is 424 g/mol.